The normalized spacial score (nSPS) is 18.6. The highest BCUT2D eigenvalue weighted by Crippen LogP contribution is 2.38. The van der Waals surface area contributed by atoms with Crippen LogP contribution in [0, 0.1) is 11.7 Å². The van der Waals surface area contributed by atoms with Crippen LogP contribution in [-0.2, 0) is 12.8 Å². The molecule has 19 heavy (non-hydrogen) atoms. The summed E-state index contributed by atoms with van der Waals surface area (Å²) in [5.41, 5.74) is 8.43. The fourth-order valence-electron chi connectivity index (χ4n) is 2.90. The third kappa shape index (κ3) is 1.87. The summed E-state index contributed by atoms with van der Waals surface area (Å²) in [6.07, 6.45) is 2.90. The molecule has 0 bridgehead atoms. The number of hydrogen-bond donors (Lipinski definition) is 2. The van der Waals surface area contributed by atoms with E-state index in [1.165, 1.54) is 6.07 Å². The van der Waals surface area contributed by atoms with Crippen molar-refractivity contribution in [3.8, 4) is 0 Å². The lowest BCUT2D eigenvalue weighted by Gasteiger charge is -2.18. The zero-order valence-corrected chi connectivity index (χ0v) is 12.1. The van der Waals surface area contributed by atoms with Gasteiger partial charge in [-0.2, -0.15) is 0 Å². The maximum Gasteiger partial charge on any atom is 0.250 e. The summed E-state index contributed by atoms with van der Waals surface area (Å²) in [6.45, 7) is 2.19. The minimum absolute atomic E-state index is 0.220. The van der Waals surface area contributed by atoms with Gasteiger partial charge in [-0.1, -0.05) is 6.92 Å². The van der Waals surface area contributed by atoms with E-state index in [1.807, 2.05) is 0 Å². The van der Waals surface area contributed by atoms with Crippen molar-refractivity contribution in [3.63, 3.8) is 0 Å². The van der Waals surface area contributed by atoms with E-state index in [1.54, 1.807) is 0 Å². The predicted octanol–water partition coefficient (Wildman–Crippen LogP) is 3.29. The van der Waals surface area contributed by atoms with Crippen LogP contribution in [0.25, 0.3) is 10.9 Å². The first-order valence-corrected chi connectivity index (χ1v) is 7.09. The van der Waals surface area contributed by atoms with Crippen molar-refractivity contribution < 1.29 is 9.18 Å². The zero-order valence-electron chi connectivity index (χ0n) is 10.5. The Labute approximate surface area is 118 Å². The maximum atomic E-state index is 13.9. The number of carbonyl (C=O) groups is 1. The lowest BCUT2D eigenvalue weighted by Crippen LogP contribution is -2.12. The van der Waals surface area contributed by atoms with Crippen molar-refractivity contribution in [1.82, 2.24) is 4.98 Å². The van der Waals surface area contributed by atoms with Gasteiger partial charge in [0.2, 0.25) is 0 Å². The summed E-state index contributed by atoms with van der Waals surface area (Å²) in [7, 11) is 0. The Morgan fingerprint density at radius 1 is 1.58 bits per heavy atom. The number of aromatic nitrogens is 1. The third-order valence-corrected chi connectivity index (χ3v) is 4.64. The summed E-state index contributed by atoms with van der Waals surface area (Å²) in [4.78, 5) is 14.7. The van der Waals surface area contributed by atoms with Crippen molar-refractivity contribution >= 4 is 32.7 Å². The summed E-state index contributed by atoms with van der Waals surface area (Å²) in [5, 5.41) is 0.774. The van der Waals surface area contributed by atoms with Crippen molar-refractivity contribution in [2.75, 3.05) is 0 Å². The van der Waals surface area contributed by atoms with Gasteiger partial charge >= 0.3 is 0 Å². The van der Waals surface area contributed by atoms with Gasteiger partial charge in [0, 0.05) is 11.1 Å². The van der Waals surface area contributed by atoms with E-state index >= 15 is 0 Å². The van der Waals surface area contributed by atoms with Crippen LogP contribution in [0.2, 0.25) is 0 Å². The van der Waals surface area contributed by atoms with Crippen LogP contribution in [-0.4, -0.2) is 10.9 Å². The number of aryl methyl sites for hydroxylation is 1. The number of benzene rings is 1. The van der Waals surface area contributed by atoms with Crippen molar-refractivity contribution in [3.05, 3.63) is 33.2 Å². The van der Waals surface area contributed by atoms with Crippen LogP contribution >= 0.6 is 15.9 Å². The van der Waals surface area contributed by atoms with Crippen LogP contribution in [0.1, 0.15) is 35.0 Å². The molecule has 1 atom stereocenters. The topological polar surface area (TPSA) is 58.9 Å². The first-order valence-electron chi connectivity index (χ1n) is 6.30. The molecule has 0 saturated carbocycles. The third-order valence-electron chi connectivity index (χ3n) is 3.87. The van der Waals surface area contributed by atoms with Gasteiger partial charge in [0.05, 0.1) is 15.6 Å². The summed E-state index contributed by atoms with van der Waals surface area (Å²) >= 11 is 3.29. The number of aromatic amines is 1. The SMILES string of the molecule is C[C@H]1CCc2c([nH]c3c(C(N)=O)cc(F)c(Br)c23)C1. The highest BCUT2D eigenvalue weighted by molar-refractivity contribution is 9.10. The number of nitrogens with two attached hydrogens (primary N) is 1. The summed E-state index contributed by atoms with van der Waals surface area (Å²) < 4.78 is 14.3. The molecule has 3 nitrogen and oxygen atoms in total. The molecule has 2 aromatic rings. The van der Waals surface area contributed by atoms with Crippen molar-refractivity contribution in [1.29, 1.82) is 0 Å². The van der Waals surface area contributed by atoms with Crippen LogP contribution in [0.5, 0.6) is 0 Å². The van der Waals surface area contributed by atoms with Crippen LogP contribution in [0.4, 0.5) is 4.39 Å². The zero-order chi connectivity index (χ0) is 13.7. The molecule has 1 aromatic carbocycles. The Hall–Kier alpha value is -1.36. The first-order chi connectivity index (χ1) is 8.99. The van der Waals surface area contributed by atoms with Gasteiger partial charge in [0.15, 0.2) is 0 Å². The second kappa shape index (κ2) is 4.34. The van der Waals surface area contributed by atoms with E-state index in [2.05, 4.69) is 27.8 Å². The van der Waals surface area contributed by atoms with E-state index < -0.39 is 11.7 Å². The van der Waals surface area contributed by atoms with Gasteiger partial charge < -0.3 is 10.7 Å². The number of rotatable bonds is 1. The van der Waals surface area contributed by atoms with E-state index in [9.17, 15) is 9.18 Å². The van der Waals surface area contributed by atoms with Gasteiger partial charge in [-0.25, -0.2) is 4.39 Å². The average Bonchev–Trinajstić information content (AvgIpc) is 2.71. The van der Waals surface area contributed by atoms with E-state index in [0.29, 0.717) is 15.9 Å². The molecule has 1 aliphatic carbocycles. The van der Waals surface area contributed by atoms with Gasteiger partial charge in [-0.3, -0.25) is 4.79 Å². The van der Waals surface area contributed by atoms with Gasteiger partial charge in [-0.05, 0) is 52.7 Å². The Kier molecular flexibility index (Phi) is 2.89. The molecule has 1 aromatic heterocycles. The molecule has 0 radical (unpaired) electrons. The molecule has 0 aliphatic heterocycles. The standard InChI is InChI=1S/C14H14BrFN2O/c1-6-2-3-7-10(4-6)18-13-8(14(17)19)5-9(16)12(15)11(7)13/h5-6,18H,2-4H2,1H3,(H2,17,19)/t6-/m0/s1. The molecule has 5 heteroatoms. The summed E-state index contributed by atoms with van der Waals surface area (Å²) in [6, 6.07) is 1.19. The Morgan fingerprint density at radius 2 is 2.32 bits per heavy atom. The van der Waals surface area contributed by atoms with E-state index in [-0.39, 0.29) is 5.56 Å². The number of primary amides is 1. The minimum Gasteiger partial charge on any atom is -0.366 e. The number of H-pyrrole nitrogens is 1. The molecule has 3 N–H and O–H groups in total. The number of halogens is 2. The second-order valence-corrected chi connectivity index (χ2v) is 6.06. The van der Waals surface area contributed by atoms with Crippen molar-refractivity contribution in [2.45, 2.75) is 26.2 Å². The predicted molar refractivity (Wildman–Crippen MR) is 75.7 cm³/mol. The molecule has 0 unspecified atom stereocenters. The number of hydrogen-bond acceptors (Lipinski definition) is 1. The minimum atomic E-state index is -0.608. The van der Waals surface area contributed by atoms with Crippen molar-refractivity contribution in [2.24, 2.45) is 11.7 Å². The van der Waals surface area contributed by atoms with Crippen LogP contribution in [0.3, 0.4) is 0 Å². The Bertz CT molecular complexity index is 693. The lowest BCUT2D eigenvalue weighted by atomic mass is 9.88. The molecule has 1 amide bonds. The molecule has 0 saturated heterocycles. The number of nitrogens with one attached hydrogen (secondary N) is 1. The molecule has 0 fully saturated rings. The molecule has 1 heterocycles. The fraction of sp³-hybridized carbons (Fsp3) is 0.357. The van der Waals surface area contributed by atoms with Gasteiger partial charge in [-0.15, -0.1) is 0 Å². The largest absolute Gasteiger partial charge is 0.366 e. The molecule has 3 rings (SSSR count). The van der Waals surface area contributed by atoms with Gasteiger partial charge in [0.1, 0.15) is 5.82 Å². The smallest absolute Gasteiger partial charge is 0.250 e. The Balaban J connectivity index is 2.38. The monoisotopic (exact) mass is 324 g/mol. The number of carbonyl (C=O) groups excluding carboxylic acids is 1. The summed E-state index contributed by atoms with van der Waals surface area (Å²) in [5.74, 6) is -0.453. The lowest BCUT2D eigenvalue weighted by molar-refractivity contribution is 0.100. The van der Waals surface area contributed by atoms with E-state index in [0.717, 1.165) is 35.9 Å². The number of amides is 1. The first kappa shape index (κ1) is 12.7. The second-order valence-electron chi connectivity index (χ2n) is 5.26. The average molecular weight is 325 g/mol. The van der Waals surface area contributed by atoms with Crippen LogP contribution < -0.4 is 5.73 Å². The molecular formula is C14H14BrFN2O. The maximum absolute atomic E-state index is 13.9. The molecule has 100 valence electrons. The number of fused-ring (bicyclic) bond motifs is 3. The van der Waals surface area contributed by atoms with Crippen LogP contribution in [0.15, 0.2) is 10.5 Å². The molecular weight excluding hydrogens is 311 g/mol. The highest BCUT2D eigenvalue weighted by Gasteiger charge is 2.25. The molecule has 1 aliphatic rings. The Morgan fingerprint density at radius 3 is 3.00 bits per heavy atom. The quantitative estimate of drug-likeness (QED) is 0.830. The fourth-order valence-corrected chi connectivity index (χ4v) is 3.45. The van der Waals surface area contributed by atoms with E-state index in [4.69, 9.17) is 5.73 Å². The van der Waals surface area contributed by atoms with Gasteiger partial charge in [0.25, 0.3) is 5.91 Å². The molecule has 0 spiro atoms. The highest BCUT2D eigenvalue weighted by atomic mass is 79.9.